The van der Waals surface area contributed by atoms with E-state index in [0.717, 1.165) is 45.5 Å². The maximum Gasteiger partial charge on any atom is 0.221 e. The molecule has 2 N–H and O–H groups in total. The van der Waals surface area contributed by atoms with Crippen LogP contribution in [-0.2, 0) is 13.5 Å². The Balaban J connectivity index is 2.45. The zero-order valence-corrected chi connectivity index (χ0v) is 13.1. The van der Waals surface area contributed by atoms with Crippen molar-refractivity contribution in [3.63, 3.8) is 0 Å². The molecule has 2 rings (SSSR count). The van der Waals surface area contributed by atoms with Crippen molar-refractivity contribution in [1.82, 2.24) is 9.78 Å². The predicted molar refractivity (Wildman–Crippen MR) is 81.7 cm³/mol. The minimum Gasteiger partial charge on any atom is -0.438 e. The Bertz CT molecular complexity index is 611. The summed E-state index contributed by atoms with van der Waals surface area (Å²) in [5.74, 6) is 1.58. The van der Waals surface area contributed by atoms with E-state index in [0.29, 0.717) is 6.54 Å². The van der Waals surface area contributed by atoms with Crippen LogP contribution in [0.3, 0.4) is 0 Å². The van der Waals surface area contributed by atoms with Crippen LogP contribution in [0, 0.1) is 20.8 Å². The normalized spacial score (nSPS) is 10.9. The van der Waals surface area contributed by atoms with Gasteiger partial charge in [-0.15, -0.1) is 0 Å². The Hall–Kier alpha value is -1.52. The molecule has 0 aliphatic carbocycles. The Morgan fingerprint density at radius 3 is 2.40 bits per heavy atom. The number of ether oxygens (including phenoxy) is 1. The smallest absolute Gasteiger partial charge is 0.221 e. The first-order valence-electron chi connectivity index (χ1n) is 6.61. The van der Waals surface area contributed by atoms with Crippen molar-refractivity contribution < 1.29 is 4.74 Å². The summed E-state index contributed by atoms with van der Waals surface area (Å²) in [6.07, 6.45) is 0.751. The van der Waals surface area contributed by atoms with E-state index in [2.05, 4.69) is 5.10 Å². The largest absolute Gasteiger partial charge is 0.438 e. The van der Waals surface area contributed by atoms with E-state index in [1.807, 2.05) is 40.0 Å². The monoisotopic (exact) mass is 293 g/mol. The average Bonchev–Trinajstić information content (AvgIpc) is 2.60. The zero-order chi connectivity index (χ0) is 14.9. The van der Waals surface area contributed by atoms with Crippen molar-refractivity contribution in [1.29, 1.82) is 0 Å². The average molecular weight is 294 g/mol. The Labute approximate surface area is 124 Å². The van der Waals surface area contributed by atoms with E-state index < -0.39 is 0 Å². The molecule has 0 unspecified atom stereocenters. The van der Waals surface area contributed by atoms with Gasteiger partial charge in [-0.1, -0.05) is 11.6 Å². The summed E-state index contributed by atoms with van der Waals surface area (Å²) in [4.78, 5) is 0. The molecule has 0 aliphatic rings. The lowest BCUT2D eigenvalue weighted by Crippen LogP contribution is -2.05. The fourth-order valence-electron chi connectivity index (χ4n) is 2.40. The van der Waals surface area contributed by atoms with Gasteiger partial charge in [0.2, 0.25) is 5.88 Å². The first-order valence-corrected chi connectivity index (χ1v) is 6.99. The van der Waals surface area contributed by atoms with E-state index in [-0.39, 0.29) is 0 Å². The summed E-state index contributed by atoms with van der Waals surface area (Å²) in [6, 6.07) is 3.80. The van der Waals surface area contributed by atoms with Crippen LogP contribution < -0.4 is 10.5 Å². The Morgan fingerprint density at radius 1 is 1.25 bits per heavy atom. The van der Waals surface area contributed by atoms with Gasteiger partial charge >= 0.3 is 0 Å². The summed E-state index contributed by atoms with van der Waals surface area (Å²) >= 11 is 6.05. The van der Waals surface area contributed by atoms with Crippen molar-refractivity contribution in [3.05, 3.63) is 39.5 Å². The van der Waals surface area contributed by atoms with Gasteiger partial charge in [-0.05, 0) is 57.0 Å². The second kappa shape index (κ2) is 5.85. The molecule has 0 aliphatic heterocycles. The molecule has 108 valence electrons. The van der Waals surface area contributed by atoms with Gasteiger partial charge in [0.15, 0.2) is 0 Å². The van der Waals surface area contributed by atoms with E-state index in [9.17, 15) is 0 Å². The highest BCUT2D eigenvalue weighted by molar-refractivity contribution is 6.30. The molecule has 20 heavy (non-hydrogen) atoms. The third-order valence-electron chi connectivity index (χ3n) is 3.31. The number of hydrogen-bond acceptors (Lipinski definition) is 3. The molecule has 2 aromatic rings. The van der Waals surface area contributed by atoms with Gasteiger partial charge in [0.05, 0.1) is 5.69 Å². The topological polar surface area (TPSA) is 53.1 Å². The molecular weight excluding hydrogens is 274 g/mol. The summed E-state index contributed by atoms with van der Waals surface area (Å²) in [6.45, 7) is 6.51. The van der Waals surface area contributed by atoms with E-state index >= 15 is 0 Å². The zero-order valence-electron chi connectivity index (χ0n) is 12.3. The number of benzene rings is 1. The van der Waals surface area contributed by atoms with Gasteiger partial charge in [0.1, 0.15) is 5.75 Å². The van der Waals surface area contributed by atoms with E-state index in [1.165, 1.54) is 0 Å². The third-order valence-corrected chi connectivity index (χ3v) is 3.53. The summed E-state index contributed by atoms with van der Waals surface area (Å²) < 4.78 is 7.87. The van der Waals surface area contributed by atoms with Crippen molar-refractivity contribution in [2.45, 2.75) is 27.2 Å². The first-order chi connectivity index (χ1) is 9.43. The molecule has 0 fully saturated rings. The van der Waals surface area contributed by atoms with Crippen molar-refractivity contribution in [2.75, 3.05) is 6.54 Å². The standard InChI is InChI=1S/C15H20ClN3O/c1-9-7-12(16)8-10(2)14(9)20-15-13(5-6-17)11(3)18-19(15)4/h7-8H,5-6,17H2,1-4H3. The Kier molecular flexibility index (Phi) is 4.35. The highest BCUT2D eigenvalue weighted by atomic mass is 35.5. The summed E-state index contributed by atoms with van der Waals surface area (Å²) in [5, 5.41) is 5.13. The molecule has 0 atom stereocenters. The number of halogens is 1. The lowest BCUT2D eigenvalue weighted by Gasteiger charge is -2.13. The minimum atomic E-state index is 0.571. The highest BCUT2D eigenvalue weighted by Gasteiger charge is 2.17. The van der Waals surface area contributed by atoms with Crippen LogP contribution in [0.25, 0.3) is 0 Å². The molecule has 0 spiro atoms. The predicted octanol–water partition coefficient (Wildman–Crippen LogP) is 3.29. The van der Waals surface area contributed by atoms with Crippen LogP contribution in [-0.4, -0.2) is 16.3 Å². The molecule has 1 heterocycles. The molecule has 0 saturated carbocycles. The molecule has 1 aromatic heterocycles. The second-order valence-electron chi connectivity index (χ2n) is 5.00. The Morgan fingerprint density at radius 2 is 1.85 bits per heavy atom. The van der Waals surface area contributed by atoms with Crippen molar-refractivity contribution in [2.24, 2.45) is 12.8 Å². The van der Waals surface area contributed by atoms with Gasteiger partial charge in [-0.25, -0.2) is 4.68 Å². The van der Waals surface area contributed by atoms with E-state index in [1.54, 1.807) is 4.68 Å². The van der Waals surface area contributed by atoms with E-state index in [4.69, 9.17) is 22.1 Å². The second-order valence-corrected chi connectivity index (χ2v) is 5.44. The molecule has 4 nitrogen and oxygen atoms in total. The van der Waals surface area contributed by atoms with Gasteiger partial charge in [0.25, 0.3) is 0 Å². The van der Waals surface area contributed by atoms with Crippen molar-refractivity contribution >= 4 is 11.6 Å². The van der Waals surface area contributed by atoms with Gasteiger partial charge in [0, 0.05) is 17.6 Å². The number of hydrogen-bond donors (Lipinski definition) is 1. The molecule has 1 aromatic carbocycles. The maximum absolute atomic E-state index is 6.12. The molecular formula is C15H20ClN3O. The fourth-order valence-corrected chi connectivity index (χ4v) is 2.72. The number of nitrogens with zero attached hydrogens (tertiary/aromatic N) is 2. The summed E-state index contributed by atoms with van der Waals surface area (Å²) in [7, 11) is 1.88. The van der Waals surface area contributed by atoms with Crippen LogP contribution in [0.1, 0.15) is 22.4 Å². The lowest BCUT2D eigenvalue weighted by molar-refractivity contribution is 0.420. The van der Waals surface area contributed by atoms with Crippen LogP contribution in [0.4, 0.5) is 0 Å². The maximum atomic E-state index is 6.12. The van der Waals surface area contributed by atoms with Crippen molar-refractivity contribution in [3.8, 4) is 11.6 Å². The number of nitrogens with two attached hydrogens (primary N) is 1. The molecule has 0 radical (unpaired) electrons. The molecule has 0 amide bonds. The van der Waals surface area contributed by atoms with Crippen LogP contribution >= 0.6 is 11.6 Å². The van der Waals surface area contributed by atoms with Gasteiger partial charge in [-0.3, -0.25) is 0 Å². The van der Waals surface area contributed by atoms with Crippen LogP contribution in [0.15, 0.2) is 12.1 Å². The lowest BCUT2D eigenvalue weighted by atomic mass is 10.1. The molecule has 5 heteroatoms. The highest BCUT2D eigenvalue weighted by Crippen LogP contribution is 2.33. The minimum absolute atomic E-state index is 0.571. The quantitative estimate of drug-likeness (QED) is 0.941. The molecule has 0 bridgehead atoms. The third kappa shape index (κ3) is 2.81. The first kappa shape index (κ1) is 14.9. The number of aryl methyl sites for hydroxylation is 4. The van der Waals surface area contributed by atoms with Gasteiger partial charge in [-0.2, -0.15) is 5.10 Å². The SMILES string of the molecule is Cc1cc(Cl)cc(C)c1Oc1c(CCN)c(C)nn1C. The van der Waals surface area contributed by atoms with Crippen LogP contribution in [0.2, 0.25) is 5.02 Å². The number of rotatable bonds is 4. The summed E-state index contributed by atoms with van der Waals surface area (Å²) in [5.41, 5.74) is 9.70. The number of aromatic nitrogens is 2. The fraction of sp³-hybridized carbons (Fsp3) is 0.400. The van der Waals surface area contributed by atoms with Gasteiger partial charge < -0.3 is 10.5 Å². The molecule has 0 saturated heterocycles. The van der Waals surface area contributed by atoms with Crippen LogP contribution in [0.5, 0.6) is 11.6 Å².